The van der Waals surface area contributed by atoms with Gasteiger partial charge >= 0.3 is 0 Å². The third-order valence-electron chi connectivity index (χ3n) is 0.627. The lowest BCUT2D eigenvalue weighted by atomic mass is 10.9. The molecule has 36 valence electrons. The largest absolute Gasteiger partial charge is 0.320 e. The fourth-order valence-corrected chi connectivity index (χ4v) is 0.0913. The van der Waals surface area contributed by atoms with Crippen molar-refractivity contribution < 1.29 is 0 Å². The van der Waals surface area contributed by atoms with Crippen molar-refractivity contribution >= 4 is 0 Å². The lowest BCUT2D eigenvalue weighted by molar-refractivity contribution is 0.366. The Balaban J connectivity index is 2.96. The average molecular weight is 86.1 g/mol. The van der Waals surface area contributed by atoms with Crippen LogP contribution in [0.3, 0.4) is 0 Å². The quantitative estimate of drug-likeness (QED) is 0.483. The second-order valence-corrected chi connectivity index (χ2v) is 1.02. The zero-order chi connectivity index (χ0) is 4.99. The van der Waals surface area contributed by atoms with E-state index in [1.807, 2.05) is 14.1 Å². The number of hydrogen-bond donors (Lipinski definition) is 1. The third kappa shape index (κ3) is 1.79. The van der Waals surface area contributed by atoms with Crippen molar-refractivity contribution in [1.29, 1.82) is 0 Å². The summed E-state index contributed by atoms with van der Waals surface area (Å²) in [5.41, 5.74) is 2.83. The number of nitrogens with zero attached hydrogens (tertiary/aromatic N) is 1. The van der Waals surface area contributed by atoms with Crippen molar-refractivity contribution in [2.24, 2.45) is 0 Å². The van der Waals surface area contributed by atoms with Crippen molar-refractivity contribution in [3.63, 3.8) is 0 Å². The molecule has 0 aliphatic rings. The molecule has 0 atom stereocenters. The lowest BCUT2D eigenvalue weighted by Crippen LogP contribution is -2.24. The molecule has 0 saturated carbocycles. The molecule has 0 aromatic rings. The van der Waals surface area contributed by atoms with Crippen LogP contribution in [0.1, 0.15) is 0 Å². The SMILES string of the molecule is C=CN(C)NC. The molecule has 0 unspecified atom stereocenters. The van der Waals surface area contributed by atoms with Gasteiger partial charge in [-0.2, -0.15) is 0 Å². The highest BCUT2D eigenvalue weighted by Gasteiger charge is 1.71. The zero-order valence-corrected chi connectivity index (χ0v) is 4.23. The first kappa shape index (κ1) is 5.50. The molecule has 0 amide bonds. The summed E-state index contributed by atoms with van der Waals surface area (Å²) in [6.45, 7) is 3.49. The smallest absolute Gasteiger partial charge is 0.0225 e. The number of hydrazine groups is 1. The highest BCUT2D eigenvalue weighted by molar-refractivity contribution is 4.58. The Morgan fingerprint density at radius 1 is 1.83 bits per heavy atom. The van der Waals surface area contributed by atoms with E-state index in [-0.39, 0.29) is 0 Å². The van der Waals surface area contributed by atoms with E-state index < -0.39 is 0 Å². The van der Waals surface area contributed by atoms with Crippen LogP contribution in [-0.4, -0.2) is 19.1 Å². The molecule has 0 rings (SSSR count). The summed E-state index contributed by atoms with van der Waals surface area (Å²) < 4.78 is 0. The van der Waals surface area contributed by atoms with E-state index in [1.165, 1.54) is 0 Å². The summed E-state index contributed by atoms with van der Waals surface area (Å²) >= 11 is 0. The first-order valence-electron chi connectivity index (χ1n) is 1.84. The maximum atomic E-state index is 3.49. The monoisotopic (exact) mass is 86.1 g/mol. The van der Waals surface area contributed by atoms with Crippen LogP contribution >= 0.6 is 0 Å². The van der Waals surface area contributed by atoms with Crippen molar-refractivity contribution in [3.8, 4) is 0 Å². The predicted molar refractivity (Wildman–Crippen MR) is 27.0 cm³/mol. The van der Waals surface area contributed by atoms with Gasteiger partial charge in [0.2, 0.25) is 0 Å². The minimum atomic E-state index is 1.69. The summed E-state index contributed by atoms with van der Waals surface area (Å²) in [6, 6.07) is 0. The average Bonchev–Trinajstić information content (AvgIpc) is 1.65. The first-order chi connectivity index (χ1) is 2.81. The van der Waals surface area contributed by atoms with Crippen LogP contribution in [-0.2, 0) is 0 Å². The molecule has 0 heterocycles. The van der Waals surface area contributed by atoms with E-state index in [0.717, 1.165) is 0 Å². The molecule has 0 fully saturated rings. The summed E-state index contributed by atoms with van der Waals surface area (Å²) in [5.74, 6) is 0. The minimum Gasteiger partial charge on any atom is -0.320 e. The third-order valence-corrected chi connectivity index (χ3v) is 0.627. The van der Waals surface area contributed by atoms with E-state index >= 15 is 0 Å². The Kier molecular flexibility index (Phi) is 2.50. The number of rotatable bonds is 2. The molecule has 0 saturated heterocycles. The van der Waals surface area contributed by atoms with E-state index in [4.69, 9.17) is 0 Å². The van der Waals surface area contributed by atoms with Gasteiger partial charge in [0.05, 0.1) is 0 Å². The molecule has 0 aromatic carbocycles. The molecule has 0 aliphatic carbocycles. The second kappa shape index (κ2) is 2.72. The van der Waals surface area contributed by atoms with Crippen LogP contribution in [0.5, 0.6) is 0 Å². The maximum absolute atomic E-state index is 3.49. The Morgan fingerprint density at radius 3 is 2.33 bits per heavy atom. The van der Waals surface area contributed by atoms with Gasteiger partial charge in [-0.3, -0.25) is 0 Å². The second-order valence-electron chi connectivity index (χ2n) is 1.02. The minimum absolute atomic E-state index is 1.69. The normalized spacial score (nSPS) is 7.67. The van der Waals surface area contributed by atoms with E-state index in [2.05, 4.69) is 12.0 Å². The van der Waals surface area contributed by atoms with Gasteiger partial charge in [0.1, 0.15) is 0 Å². The molecule has 2 nitrogen and oxygen atoms in total. The summed E-state index contributed by atoms with van der Waals surface area (Å²) in [5, 5.41) is 1.76. The van der Waals surface area contributed by atoms with Crippen LogP contribution < -0.4 is 5.43 Å². The van der Waals surface area contributed by atoms with Gasteiger partial charge in [0.15, 0.2) is 0 Å². The molecular formula is C4H10N2. The molecule has 6 heavy (non-hydrogen) atoms. The Labute approximate surface area is 38.4 Å². The number of nitrogens with one attached hydrogen (secondary N) is 1. The fourth-order valence-electron chi connectivity index (χ4n) is 0.0913. The van der Waals surface area contributed by atoms with Crippen molar-refractivity contribution in [2.75, 3.05) is 14.1 Å². The van der Waals surface area contributed by atoms with E-state index in [0.29, 0.717) is 0 Å². The van der Waals surface area contributed by atoms with Crippen LogP contribution in [0.4, 0.5) is 0 Å². The van der Waals surface area contributed by atoms with Crippen LogP contribution in [0, 0.1) is 0 Å². The van der Waals surface area contributed by atoms with E-state index in [9.17, 15) is 0 Å². The van der Waals surface area contributed by atoms with Crippen LogP contribution in [0.25, 0.3) is 0 Å². The van der Waals surface area contributed by atoms with Gasteiger partial charge in [-0.1, -0.05) is 6.58 Å². The lowest BCUT2D eigenvalue weighted by Gasteiger charge is -2.08. The van der Waals surface area contributed by atoms with Crippen LogP contribution in [0.2, 0.25) is 0 Å². The van der Waals surface area contributed by atoms with Gasteiger partial charge in [-0.25, -0.2) is 5.43 Å². The van der Waals surface area contributed by atoms with Gasteiger partial charge in [-0.05, 0) is 0 Å². The van der Waals surface area contributed by atoms with Gasteiger partial charge in [0.25, 0.3) is 0 Å². The zero-order valence-electron chi connectivity index (χ0n) is 4.23. The van der Waals surface area contributed by atoms with E-state index in [1.54, 1.807) is 11.2 Å². The highest BCUT2D eigenvalue weighted by Crippen LogP contribution is 1.65. The Morgan fingerprint density at radius 2 is 2.33 bits per heavy atom. The van der Waals surface area contributed by atoms with Gasteiger partial charge in [-0.15, -0.1) is 0 Å². The van der Waals surface area contributed by atoms with Gasteiger partial charge in [0, 0.05) is 20.3 Å². The Hall–Kier alpha value is -0.500. The topological polar surface area (TPSA) is 15.3 Å². The fraction of sp³-hybridized carbons (Fsp3) is 0.500. The highest BCUT2D eigenvalue weighted by atomic mass is 15.5. The molecule has 2 heteroatoms. The summed E-state index contributed by atoms with van der Waals surface area (Å²) in [4.78, 5) is 0. The molecular weight excluding hydrogens is 76.1 g/mol. The molecule has 0 radical (unpaired) electrons. The molecule has 0 spiro atoms. The summed E-state index contributed by atoms with van der Waals surface area (Å²) in [7, 11) is 3.72. The van der Waals surface area contributed by atoms with Crippen molar-refractivity contribution in [3.05, 3.63) is 12.8 Å². The summed E-state index contributed by atoms with van der Waals surface area (Å²) in [6.07, 6.45) is 1.69. The van der Waals surface area contributed by atoms with Crippen LogP contribution in [0.15, 0.2) is 12.8 Å². The molecule has 0 bridgehead atoms. The molecule has 0 aromatic heterocycles. The van der Waals surface area contributed by atoms with Gasteiger partial charge < -0.3 is 5.01 Å². The Bertz CT molecular complexity index is 42.8. The predicted octanol–water partition coefficient (Wildman–Crippen LogP) is 0.196. The van der Waals surface area contributed by atoms with Crippen molar-refractivity contribution in [1.82, 2.24) is 10.4 Å². The molecule has 1 N–H and O–H groups in total. The number of hydrogen-bond acceptors (Lipinski definition) is 2. The standard InChI is InChI=1S/C4H10N2/c1-4-6(3)5-2/h4-5H,1H2,2-3H3. The van der Waals surface area contributed by atoms with Crippen molar-refractivity contribution in [2.45, 2.75) is 0 Å². The maximum Gasteiger partial charge on any atom is 0.0225 e. The molecule has 0 aliphatic heterocycles. The first-order valence-corrected chi connectivity index (χ1v) is 1.84.